The standard InChI is InChI=1S/C14H24.2C8H16/c1-7-8(2)12-6-14-10(4)9(3)13(14)5-11(7)12;2*1-5-6(2)8(4)7(5)3/h7-14H,5-6H2,1-4H3;2*5-8H,1-4H3. The molecule has 0 amide bonds. The molecule has 5 saturated carbocycles. The molecule has 0 nitrogen and oxygen atoms in total. The van der Waals surface area contributed by atoms with Crippen LogP contribution in [-0.4, -0.2) is 0 Å². The lowest BCUT2D eigenvalue weighted by Gasteiger charge is -2.63. The Kier molecular flexibility index (Phi) is 7.47. The molecular weight excluding hydrogens is 360 g/mol. The predicted octanol–water partition coefficient (Wildman–Crippen LogP) is 8.91. The highest BCUT2D eigenvalue weighted by Gasteiger charge is 2.57. The Bertz CT molecular complexity index is 426. The summed E-state index contributed by atoms with van der Waals surface area (Å²) in [7, 11) is 0. The lowest BCUT2D eigenvalue weighted by Crippen LogP contribution is -2.57. The molecule has 176 valence electrons. The highest BCUT2D eigenvalue weighted by atomic mass is 14.6. The second-order valence-electron chi connectivity index (χ2n) is 13.4. The summed E-state index contributed by atoms with van der Waals surface area (Å²) in [6.07, 6.45) is 3.15. The zero-order chi connectivity index (χ0) is 22.7. The van der Waals surface area contributed by atoms with Gasteiger partial charge in [0, 0.05) is 0 Å². The van der Waals surface area contributed by atoms with Gasteiger partial charge in [-0.15, -0.1) is 0 Å². The van der Waals surface area contributed by atoms with Crippen molar-refractivity contribution >= 4 is 0 Å². The Balaban J connectivity index is 0.000000138. The molecule has 8 atom stereocenters. The van der Waals surface area contributed by atoms with E-state index in [1.807, 2.05) is 0 Å². The van der Waals surface area contributed by atoms with Crippen molar-refractivity contribution in [3.8, 4) is 0 Å². The maximum absolute atomic E-state index is 2.49. The molecule has 0 heterocycles. The summed E-state index contributed by atoms with van der Waals surface area (Å²) in [4.78, 5) is 0. The van der Waals surface area contributed by atoms with Crippen LogP contribution in [0.15, 0.2) is 0 Å². The maximum Gasteiger partial charge on any atom is -0.0352 e. The smallest absolute Gasteiger partial charge is 0.0352 e. The highest BCUT2D eigenvalue weighted by Crippen LogP contribution is 2.63. The monoisotopic (exact) mass is 416 g/mol. The van der Waals surface area contributed by atoms with Crippen molar-refractivity contribution in [2.45, 2.75) is 95.9 Å². The quantitative estimate of drug-likeness (QED) is 0.370. The third-order valence-electron chi connectivity index (χ3n) is 13.2. The molecule has 30 heavy (non-hydrogen) atoms. The first-order chi connectivity index (χ1) is 13.9. The van der Waals surface area contributed by atoms with E-state index < -0.39 is 0 Å². The Morgan fingerprint density at radius 3 is 0.500 bits per heavy atom. The van der Waals surface area contributed by atoms with Crippen molar-refractivity contribution in [2.24, 2.45) is 94.7 Å². The van der Waals surface area contributed by atoms with Crippen molar-refractivity contribution in [2.75, 3.05) is 0 Å². The summed E-state index contributed by atoms with van der Waals surface area (Å²) in [6, 6.07) is 0. The first kappa shape index (κ1) is 24.6. The number of rotatable bonds is 0. The van der Waals surface area contributed by atoms with Crippen LogP contribution in [0.4, 0.5) is 0 Å². The molecule has 5 aliphatic carbocycles. The second kappa shape index (κ2) is 9.09. The van der Waals surface area contributed by atoms with Gasteiger partial charge < -0.3 is 0 Å². The van der Waals surface area contributed by atoms with E-state index in [2.05, 4.69) is 83.1 Å². The molecule has 5 fully saturated rings. The van der Waals surface area contributed by atoms with Gasteiger partial charge in [-0.05, 0) is 108 Å². The summed E-state index contributed by atoms with van der Waals surface area (Å²) in [5.74, 6) is 16.4. The average molecular weight is 417 g/mol. The van der Waals surface area contributed by atoms with Crippen molar-refractivity contribution in [1.82, 2.24) is 0 Å². The largest absolute Gasteiger partial charge is 0.0620 e. The zero-order valence-electron chi connectivity index (χ0n) is 22.7. The molecule has 0 aromatic carbocycles. The third-order valence-corrected chi connectivity index (χ3v) is 13.2. The van der Waals surface area contributed by atoms with Crippen LogP contribution in [0.3, 0.4) is 0 Å². The fourth-order valence-electron chi connectivity index (χ4n) is 8.55. The van der Waals surface area contributed by atoms with E-state index in [9.17, 15) is 0 Å². The van der Waals surface area contributed by atoms with Gasteiger partial charge in [0.25, 0.3) is 0 Å². The van der Waals surface area contributed by atoms with Crippen LogP contribution >= 0.6 is 0 Å². The predicted molar refractivity (Wildman–Crippen MR) is 133 cm³/mol. The van der Waals surface area contributed by atoms with Crippen molar-refractivity contribution in [1.29, 1.82) is 0 Å². The molecule has 0 saturated heterocycles. The fourth-order valence-corrected chi connectivity index (χ4v) is 8.55. The van der Waals surface area contributed by atoms with Gasteiger partial charge in [0.15, 0.2) is 0 Å². The number of hydrogen-bond donors (Lipinski definition) is 0. The Labute approximate surface area is 190 Å². The Morgan fingerprint density at radius 2 is 0.367 bits per heavy atom. The summed E-state index contributed by atoms with van der Waals surface area (Å²) >= 11 is 0. The van der Waals surface area contributed by atoms with Gasteiger partial charge in [0.1, 0.15) is 0 Å². The van der Waals surface area contributed by atoms with Crippen LogP contribution in [0.2, 0.25) is 0 Å². The first-order valence-corrected chi connectivity index (χ1v) is 13.9. The van der Waals surface area contributed by atoms with Crippen LogP contribution in [0.1, 0.15) is 95.9 Å². The molecular formula is C30H56. The summed E-state index contributed by atoms with van der Waals surface area (Å²) in [5.41, 5.74) is 0. The van der Waals surface area contributed by atoms with Crippen molar-refractivity contribution in [3.05, 3.63) is 0 Å². The van der Waals surface area contributed by atoms with Crippen LogP contribution in [-0.2, 0) is 0 Å². The molecule has 0 heteroatoms. The normalized spacial score (nSPS) is 60.4. The topological polar surface area (TPSA) is 0 Å². The molecule has 0 aromatic heterocycles. The van der Waals surface area contributed by atoms with Crippen LogP contribution < -0.4 is 0 Å². The minimum absolute atomic E-state index is 0.977. The van der Waals surface area contributed by atoms with E-state index in [0.717, 1.165) is 94.7 Å². The molecule has 5 aliphatic rings. The van der Waals surface area contributed by atoms with Gasteiger partial charge in [-0.2, -0.15) is 0 Å². The van der Waals surface area contributed by atoms with Crippen LogP contribution in [0.25, 0.3) is 0 Å². The van der Waals surface area contributed by atoms with Gasteiger partial charge in [0.05, 0.1) is 0 Å². The Hall–Kier alpha value is 0. The van der Waals surface area contributed by atoms with Gasteiger partial charge in [-0.1, -0.05) is 83.1 Å². The van der Waals surface area contributed by atoms with E-state index in [1.54, 1.807) is 12.8 Å². The lowest BCUT2D eigenvalue weighted by molar-refractivity contribution is -0.148. The van der Waals surface area contributed by atoms with Gasteiger partial charge in [0.2, 0.25) is 0 Å². The van der Waals surface area contributed by atoms with E-state index >= 15 is 0 Å². The summed E-state index contributed by atoms with van der Waals surface area (Å²) < 4.78 is 0. The maximum atomic E-state index is 2.49. The second-order valence-corrected chi connectivity index (χ2v) is 13.4. The number of hydrogen-bond acceptors (Lipinski definition) is 0. The van der Waals surface area contributed by atoms with E-state index in [1.165, 1.54) is 0 Å². The molecule has 0 bridgehead atoms. The van der Waals surface area contributed by atoms with Gasteiger partial charge in [-0.3, -0.25) is 0 Å². The summed E-state index contributed by atoms with van der Waals surface area (Å²) in [5, 5.41) is 0. The molecule has 0 aromatic rings. The van der Waals surface area contributed by atoms with Gasteiger partial charge in [-0.25, -0.2) is 0 Å². The summed E-state index contributed by atoms with van der Waals surface area (Å²) in [6.45, 7) is 28.8. The van der Waals surface area contributed by atoms with Crippen LogP contribution in [0, 0.1) is 94.7 Å². The SMILES string of the molecule is CC1C(C)C(C)C1C.CC1C(C)C(C)C1C.CC1C(C)C2CC3C(C)C(C)C3CC12. The minimum Gasteiger partial charge on any atom is -0.0620 e. The first-order valence-electron chi connectivity index (χ1n) is 13.9. The molecule has 8 unspecified atom stereocenters. The Morgan fingerprint density at radius 1 is 0.233 bits per heavy atom. The van der Waals surface area contributed by atoms with Crippen molar-refractivity contribution in [3.63, 3.8) is 0 Å². The zero-order valence-corrected chi connectivity index (χ0v) is 22.7. The van der Waals surface area contributed by atoms with Gasteiger partial charge >= 0.3 is 0 Å². The van der Waals surface area contributed by atoms with E-state index in [0.29, 0.717) is 0 Å². The molecule has 0 radical (unpaired) electrons. The van der Waals surface area contributed by atoms with E-state index in [4.69, 9.17) is 0 Å². The molecule has 0 N–H and O–H groups in total. The van der Waals surface area contributed by atoms with Crippen LogP contribution in [0.5, 0.6) is 0 Å². The fraction of sp³-hybridized carbons (Fsp3) is 1.00. The minimum atomic E-state index is 0.977. The molecule has 0 aliphatic heterocycles. The highest BCUT2D eigenvalue weighted by molar-refractivity contribution is 5.05. The average Bonchev–Trinajstić information content (AvgIpc) is 2.79. The molecule has 5 rings (SSSR count). The molecule has 0 spiro atoms. The number of fused-ring (bicyclic) bond motifs is 2. The lowest BCUT2D eigenvalue weighted by atomic mass is 9.42. The third kappa shape index (κ3) is 3.94. The van der Waals surface area contributed by atoms with E-state index in [-0.39, 0.29) is 0 Å². The van der Waals surface area contributed by atoms with Crippen molar-refractivity contribution < 1.29 is 0 Å².